The zero-order valence-electron chi connectivity index (χ0n) is 18.6. The summed E-state index contributed by atoms with van der Waals surface area (Å²) < 4.78 is 45.3. The molecular weight excluding hydrogens is 483 g/mol. The summed E-state index contributed by atoms with van der Waals surface area (Å²) in [7, 11) is 1.42. The van der Waals surface area contributed by atoms with Crippen LogP contribution in [0.3, 0.4) is 0 Å². The van der Waals surface area contributed by atoms with E-state index in [1.165, 1.54) is 31.4 Å². The highest BCUT2D eigenvalue weighted by atomic mass is 35.5. The molecule has 35 heavy (non-hydrogen) atoms. The van der Waals surface area contributed by atoms with Gasteiger partial charge in [0.2, 0.25) is 0 Å². The number of nitrogens with zero attached hydrogens (tertiary/aromatic N) is 1. The number of halogens is 4. The van der Waals surface area contributed by atoms with Crippen molar-refractivity contribution in [2.24, 2.45) is 0 Å². The lowest BCUT2D eigenvalue weighted by Crippen LogP contribution is -2.30. The number of carbonyl (C=O) groups excluding carboxylic acids is 2. The van der Waals surface area contributed by atoms with E-state index in [4.69, 9.17) is 16.3 Å². The Bertz CT molecular complexity index is 1370. The number of aliphatic hydroxyl groups is 1. The van der Waals surface area contributed by atoms with E-state index in [1.807, 2.05) is 0 Å². The molecule has 4 rings (SSSR count). The van der Waals surface area contributed by atoms with Gasteiger partial charge in [-0.1, -0.05) is 41.9 Å². The first-order valence-electron chi connectivity index (χ1n) is 10.4. The molecular formula is C26H19ClF3NO4. The van der Waals surface area contributed by atoms with E-state index in [0.29, 0.717) is 16.9 Å². The Morgan fingerprint density at radius 2 is 1.74 bits per heavy atom. The largest absolute Gasteiger partial charge is 0.507 e. The minimum atomic E-state index is -4.65. The quantitative estimate of drug-likeness (QED) is 0.259. The van der Waals surface area contributed by atoms with Crippen molar-refractivity contribution in [3.63, 3.8) is 0 Å². The third kappa shape index (κ3) is 4.37. The molecule has 1 amide bonds. The summed E-state index contributed by atoms with van der Waals surface area (Å²) >= 11 is 6.18. The maximum atomic E-state index is 13.4. The smallest absolute Gasteiger partial charge is 0.416 e. The van der Waals surface area contributed by atoms with Gasteiger partial charge in [0.15, 0.2) is 0 Å². The molecule has 1 saturated heterocycles. The lowest BCUT2D eigenvalue weighted by Gasteiger charge is -2.27. The number of anilines is 1. The lowest BCUT2D eigenvalue weighted by atomic mass is 9.92. The van der Waals surface area contributed by atoms with Crippen molar-refractivity contribution < 1.29 is 32.6 Å². The number of carbonyl (C=O) groups is 2. The van der Waals surface area contributed by atoms with Gasteiger partial charge in [0.25, 0.3) is 11.7 Å². The first-order chi connectivity index (χ1) is 16.5. The molecule has 0 spiro atoms. The number of aliphatic hydroxyl groups excluding tert-OH is 1. The molecule has 0 saturated carbocycles. The number of ketones is 1. The molecule has 3 aromatic carbocycles. The summed E-state index contributed by atoms with van der Waals surface area (Å²) in [6, 6.07) is 14.1. The average Bonchev–Trinajstić information content (AvgIpc) is 3.08. The lowest BCUT2D eigenvalue weighted by molar-refractivity contribution is -0.137. The highest BCUT2D eigenvalue weighted by Gasteiger charge is 2.47. The summed E-state index contributed by atoms with van der Waals surface area (Å²) in [6.45, 7) is 1.74. The third-order valence-corrected chi connectivity index (χ3v) is 6.10. The van der Waals surface area contributed by atoms with Crippen molar-refractivity contribution in [3.8, 4) is 5.75 Å². The maximum absolute atomic E-state index is 13.4. The van der Waals surface area contributed by atoms with Gasteiger partial charge in [-0.3, -0.25) is 14.5 Å². The second kappa shape index (κ2) is 9.11. The molecule has 1 atom stereocenters. The second-order valence-electron chi connectivity index (χ2n) is 7.92. The number of aryl methyl sites for hydroxylation is 1. The number of Topliss-reactive ketones (excluding diaryl/α,β-unsaturated/α-hetero) is 1. The first kappa shape index (κ1) is 24.3. The van der Waals surface area contributed by atoms with Crippen LogP contribution < -0.4 is 9.64 Å². The summed E-state index contributed by atoms with van der Waals surface area (Å²) in [4.78, 5) is 27.4. The van der Waals surface area contributed by atoms with Crippen LogP contribution in [0.1, 0.15) is 28.3 Å². The molecule has 1 unspecified atom stereocenters. The summed E-state index contributed by atoms with van der Waals surface area (Å²) in [5, 5.41) is 11.3. The van der Waals surface area contributed by atoms with Crippen LogP contribution in [0.5, 0.6) is 5.75 Å². The normalized spacial score (nSPS) is 17.7. The molecule has 9 heteroatoms. The Morgan fingerprint density at radius 1 is 1.03 bits per heavy atom. The van der Waals surface area contributed by atoms with Crippen LogP contribution in [0.2, 0.25) is 5.02 Å². The molecule has 0 radical (unpaired) electrons. The Balaban J connectivity index is 1.97. The highest BCUT2D eigenvalue weighted by molar-refractivity contribution is 6.51. The van der Waals surface area contributed by atoms with Crippen LogP contribution in [0.15, 0.2) is 72.3 Å². The van der Waals surface area contributed by atoms with Crippen molar-refractivity contribution in [2.45, 2.75) is 19.1 Å². The van der Waals surface area contributed by atoms with E-state index in [2.05, 4.69) is 0 Å². The van der Waals surface area contributed by atoms with E-state index in [1.54, 1.807) is 31.2 Å². The number of methoxy groups -OCH3 is 1. The van der Waals surface area contributed by atoms with Crippen molar-refractivity contribution in [1.82, 2.24) is 0 Å². The van der Waals surface area contributed by atoms with E-state index in [-0.39, 0.29) is 21.8 Å². The molecule has 1 aliphatic heterocycles. The van der Waals surface area contributed by atoms with Gasteiger partial charge < -0.3 is 9.84 Å². The molecule has 5 nitrogen and oxygen atoms in total. The Morgan fingerprint density at radius 3 is 2.37 bits per heavy atom. The molecule has 1 fully saturated rings. The summed E-state index contributed by atoms with van der Waals surface area (Å²) in [6.07, 6.45) is -4.65. The molecule has 1 aliphatic rings. The Hall–Kier alpha value is -3.78. The fourth-order valence-corrected chi connectivity index (χ4v) is 4.35. The molecule has 1 N–H and O–H groups in total. The Labute approximate surface area is 204 Å². The van der Waals surface area contributed by atoms with Gasteiger partial charge in [-0.15, -0.1) is 0 Å². The number of ether oxygens (including phenoxy) is 1. The number of benzene rings is 3. The first-order valence-corrected chi connectivity index (χ1v) is 10.8. The van der Waals surface area contributed by atoms with Crippen LogP contribution >= 0.6 is 11.6 Å². The van der Waals surface area contributed by atoms with Crippen molar-refractivity contribution in [3.05, 3.63) is 99.6 Å². The molecule has 0 bridgehead atoms. The van der Waals surface area contributed by atoms with Crippen molar-refractivity contribution in [1.29, 1.82) is 0 Å². The second-order valence-corrected chi connectivity index (χ2v) is 8.33. The van der Waals surface area contributed by atoms with Crippen molar-refractivity contribution >= 4 is 34.7 Å². The van der Waals surface area contributed by atoms with Crippen LogP contribution in [0.4, 0.5) is 18.9 Å². The molecule has 0 aromatic heterocycles. The number of hydrogen-bond acceptors (Lipinski definition) is 4. The van der Waals surface area contributed by atoms with Crippen LogP contribution in [0.25, 0.3) is 5.76 Å². The van der Waals surface area contributed by atoms with E-state index >= 15 is 0 Å². The van der Waals surface area contributed by atoms with Gasteiger partial charge in [0.1, 0.15) is 11.5 Å². The summed E-state index contributed by atoms with van der Waals surface area (Å²) in [5.41, 5.74) is -0.0518. The number of rotatable bonds is 4. The fraction of sp³-hybridized carbons (Fsp3) is 0.154. The predicted molar refractivity (Wildman–Crippen MR) is 125 cm³/mol. The minimum Gasteiger partial charge on any atom is -0.507 e. The van der Waals surface area contributed by atoms with Crippen LogP contribution in [-0.2, 0) is 15.8 Å². The molecule has 0 aliphatic carbocycles. The predicted octanol–water partition coefficient (Wildman–Crippen LogP) is 6.30. The third-order valence-electron chi connectivity index (χ3n) is 5.80. The topological polar surface area (TPSA) is 66.8 Å². The highest BCUT2D eigenvalue weighted by Crippen LogP contribution is 2.44. The van der Waals surface area contributed by atoms with Gasteiger partial charge in [-0.25, -0.2) is 0 Å². The van der Waals surface area contributed by atoms with E-state index in [9.17, 15) is 27.9 Å². The number of amides is 1. The molecule has 1 heterocycles. The minimum absolute atomic E-state index is 0.123. The Kier molecular flexibility index (Phi) is 6.34. The van der Waals surface area contributed by atoms with Gasteiger partial charge >= 0.3 is 6.18 Å². The van der Waals surface area contributed by atoms with E-state index in [0.717, 1.165) is 23.1 Å². The monoisotopic (exact) mass is 501 g/mol. The maximum Gasteiger partial charge on any atom is 0.416 e. The van der Waals surface area contributed by atoms with Crippen LogP contribution in [0, 0.1) is 6.92 Å². The number of alkyl halides is 3. The summed E-state index contributed by atoms with van der Waals surface area (Å²) in [5.74, 6) is -2.25. The standard InChI is InChI=1S/C26H19ClF3NO4/c1-14-6-3-4-9-18(14)22-21(23(32)15-10-11-20(35-2)19(27)12-15)24(33)25(34)31(22)17-8-5-7-16(13-17)26(28,29)30/h3-13,22,32H,1-2H3/b23-21+. The fourth-order valence-electron chi connectivity index (χ4n) is 4.09. The average molecular weight is 502 g/mol. The van der Waals surface area contributed by atoms with Gasteiger partial charge in [-0.05, 0) is 54.4 Å². The molecule has 180 valence electrons. The zero-order chi connectivity index (χ0) is 25.5. The van der Waals surface area contributed by atoms with Gasteiger partial charge in [0.05, 0.1) is 29.3 Å². The van der Waals surface area contributed by atoms with Gasteiger partial charge in [-0.2, -0.15) is 13.2 Å². The van der Waals surface area contributed by atoms with Crippen LogP contribution in [-0.4, -0.2) is 23.9 Å². The van der Waals surface area contributed by atoms with Gasteiger partial charge in [0, 0.05) is 11.3 Å². The zero-order valence-corrected chi connectivity index (χ0v) is 19.3. The van der Waals surface area contributed by atoms with E-state index < -0.39 is 35.2 Å². The SMILES string of the molecule is COc1ccc(/C(O)=C2\C(=O)C(=O)N(c3cccc(C(F)(F)F)c3)C2c2ccccc2C)cc1Cl. The number of hydrogen-bond donors (Lipinski definition) is 1. The van der Waals surface area contributed by atoms with Crippen molar-refractivity contribution in [2.75, 3.05) is 12.0 Å². The molecule has 3 aromatic rings.